The number of carbonyl (C=O) groups excluding carboxylic acids is 1. The van der Waals surface area contributed by atoms with Gasteiger partial charge in [-0.2, -0.15) is 10.1 Å². The van der Waals surface area contributed by atoms with Gasteiger partial charge in [-0.25, -0.2) is 4.39 Å². The third kappa shape index (κ3) is 3.72. The Hall–Kier alpha value is -3.23. The predicted octanol–water partition coefficient (Wildman–Crippen LogP) is 3.12. The molecule has 0 N–H and O–H groups in total. The van der Waals surface area contributed by atoms with Gasteiger partial charge < -0.3 is 14.2 Å². The monoisotopic (exact) mass is 399 g/mol. The molecule has 0 unspecified atom stereocenters. The number of halogens is 1. The second-order valence-electron chi connectivity index (χ2n) is 6.91. The van der Waals surface area contributed by atoms with Crippen LogP contribution in [-0.2, 0) is 6.54 Å². The molecule has 2 aromatic heterocycles. The lowest BCUT2D eigenvalue weighted by atomic mass is 9.95. The Morgan fingerprint density at radius 3 is 2.79 bits per heavy atom. The summed E-state index contributed by atoms with van der Waals surface area (Å²) in [6.45, 7) is 3.81. The zero-order valence-corrected chi connectivity index (χ0v) is 16.3. The van der Waals surface area contributed by atoms with Gasteiger partial charge >= 0.3 is 0 Å². The highest BCUT2D eigenvalue weighted by molar-refractivity contribution is 5.94. The molecule has 3 aromatic rings. The van der Waals surface area contributed by atoms with Crippen molar-refractivity contribution >= 4 is 5.91 Å². The van der Waals surface area contributed by atoms with Crippen LogP contribution in [0.4, 0.5) is 4.39 Å². The number of ether oxygens (including phenoxy) is 1. The highest BCUT2D eigenvalue weighted by Crippen LogP contribution is 2.29. The van der Waals surface area contributed by atoms with Crippen LogP contribution < -0.4 is 4.74 Å². The Kier molecular flexibility index (Phi) is 5.28. The fraction of sp³-hybridized carbons (Fsp3) is 0.400. The lowest BCUT2D eigenvalue weighted by molar-refractivity contribution is 0.0710. The summed E-state index contributed by atoms with van der Waals surface area (Å²) in [5.41, 5.74) is 1.11. The maximum Gasteiger partial charge on any atom is 0.276 e. The van der Waals surface area contributed by atoms with Gasteiger partial charge in [-0.1, -0.05) is 5.16 Å². The van der Waals surface area contributed by atoms with Crippen LogP contribution in [0.5, 0.6) is 5.75 Å². The van der Waals surface area contributed by atoms with Gasteiger partial charge in [-0.05, 0) is 44.0 Å². The molecule has 1 aliphatic rings. The first-order chi connectivity index (χ1) is 14.1. The van der Waals surface area contributed by atoms with E-state index in [4.69, 9.17) is 9.26 Å². The molecule has 152 valence electrons. The Labute approximate surface area is 167 Å². The number of methoxy groups -OCH3 is 1. The summed E-state index contributed by atoms with van der Waals surface area (Å²) in [5.74, 6) is 0.599. The number of rotatable bonds is 5. The molecule has 8 nitrogen and oxygen atoms in total. The molecule has 0 saturated carbocycles. The summed E-state index contributed by atoms with van der Waals surface area (Å²) >= 11 is 0. The molecule has 0 aliphatic carbocycles. The second-order valence-corrected chi connectivity index (χ2v) is 6.91. The minimum atomic E-state index is -0.543. The lowest BCUT2D eigenvalue weighted by Gasteiger charge is -2.30. The number of nitrogens with zero attached hydrogens (tertiary/aromatic N) is 5. The molecular weight excluding hydrogens is 377 g/mol. The van der Waals surface area contributed by atoms with Crippen molar-refractivity contribution in [2.24, 2.45) is 0 Å². The Balaban J connectivity index is 1.41. The number of piperidine rings is 1. The maximum absolute atomic E-state index is 13.9. The third-order valence-corrected chi connectivity index (χ3v) is 5.22. The van der Waals surface area contributed by atoms with E-state index in [1.54, 1.807) is 21.8 Å². The number of likely N-dealkylation sites (tertiary alicyclic amines) is 1. The van der Waals surface area contributed by atoms with Crippen LogP contribution >= 0.6 is 0 Å². The topological polar surface area (TPSA) is 86.3 Å². The minimum absolute atomic E-state index is 0.113. The van der Waals surface area contributed by atoms with Crippen molar-refractivity contribution in [1.29, 1.82) is 0 Å². The van der Waals surface area contributed by atoms with Gasteiger partial charge in [0.1, 0.15) is 5.69 Å². The molecule has 1 fully saturated rings. The summed E-state index contributed by atoms with van der Waals surface area (Å²) in [4.78, 5) is 18.9. The number of aromatic nitrogens is 4. The van der Waals surface area contributed by atoms with E-state index in [2.05, 4.69) is 15.2 Å². The van der Waals surface area contributed by atoms with Crippen molar-refractivity contribution in [3.8, 4) is 17.3 Å². The third-order valence-electron chi connectivity index (χ3n) is 5.22. The minimum Gasteiger partial charge on any atom is -0.494 e. The molecule has 1 aliphatic heterocycles. The molecule has 3 heterocycles. The summed E-state index contributed by atoms with van der Waals surface area (Å²) in [5, 5.41) is 8.35. The normalized spacial score (nSPS) is 14.9. The molecule has 0 radical (unpaired) electrons. The summed E-state index contributed by atoms with van der Waals surface area (Å²) in [6, 6.07) is 6.11. The Morgan fingerprint density at radius 1 is 1.31 bits per heavy atom. The first-order valence-corrected chi connectivity index (χ1v) is 9.59. The zero-order chi connectivity index (χ0) is 20.4. The van der Waals surface area contributed by atoms with Crippen molar-refractivity contribution in [1.82, 2.24) is 24.8 Å². The number of amides is 1. The van der Waals surface area contributed by atoms with E-state index in [0.29, 0.717) is 36.9 Å². The average Bonchev–Trinajstić information content (AvgIpc) is 3.42. The summed E-state index contributed by atoms with van der Waals surface area (Å²) in [7, 11) is 1.39. The summed E-state index contributed by atoms with van der Waals surface area (Å²) in [6.07, 6.45) is 3.14. The largest absolute Gasteiger partial charge is 0.494 e. The van der Waals surface area contributed by atoms with Gasteiger partial charge in [0.2, 0.25) is 0 Å². The number of aryl methyl sites for hydroxylation is 1. The molecule has 1 amide bonds. The average molecular weight is 399 g/mol. The summed E-state index contributed by atoms with van der Waals surface area (Å²) < 4.78 is 26.0. The first kappa shape index (κ1) is 19.1. The van der Waals surface area contributed by atoms with E-state index in [9.17, 15) is 9.18 Å². The molecule has 1 aromatic carbocycles. The van der Waals surface area contributed by atoms with Crippen molar-refractivity contribution in [3.63, 3.8) is 0 Å². The fourth-order valence-electron chi connectivity index (χ4n) is 3.59. The van der Waals surface area contributed by atoms with Gasteiger partial charge in [0.05, 0.1) is 7.11 Å². The van der Waals surface area contributed by atoms with Crippen LogP contribution in [0.3, 0.4) is 0 Å². The van der Waals surface area contributed by atoms with Crippen LogP contribution in [-0.4, -0.2) is 50.9 Å². The van der Waals surface area contributed by atoms with Gasteiger partial charge in [-0.15, -0.1) is 0 Å². The number of hydrogen-bond acceptors (Lipinski definition) is 6. The van der Waals surface area contributed by atoms with E-state index < -0.39 is 5.82 Å². The molecule has 29 heavy (non-hydrogen) atoms. The SMILES string of the molecule is CCn1nccc1-c1nc(C2CCN(C(=O)c3ccc(OC)c(F)c3)CC2)no1. The number of benzene rings is 1. The molecule has 0 bridgehead atoms. The van der Waals surface area contributed by atoms with Crippen LogP contribution in [0.2, 0.25) is 0 Å². The number of carbonyl (C=O) groups is 1. The Bertz CT molecular complexity index is 1010. The first-order valence-electron chi connectivity index (χ1n) is 9.59. The van der Waals surface area contributed by atoms with Gasteiger partial charge in [0.15, 0.2) is 17.4 Å². The smallest absolute Gasteiger partial charge is 0.276 e. The van der Waals surface area contributed by atoms with Crippen LogP contribution in [0.1, 0.15) is 41.9 Å². The van der Waals surface area contributed by atoms with Crippen molar-refractivity contribution < 1.29 is 18.4 Å². The van der Waals surface area contributed by atoms with Gasteiger partial charge in [-0.3, -0.25) is 9.48 Å². The zero-order valence-electron chi connectivity index (χ0n) is 16.3. The molecule has 0 spiro atoms. The Morgan fingerprint density at radius 2 is 2.10 bits per heavy atom. The van der Waals surface area contributed by atoms with Crippen molar-refractivity contribution in [3.05, 3.63) is 47.7 Å². The van der Waals surface area contributed by atoms with Crippen LogP contribution in [0.15, 0.2) is 35.0 Å². The molecule has 0 atom stereocenters. The quantitative estimate of drug-likeness (QED) is 0.655. The van der Waals surface area contributed by atoms with E-state index in [1.165, 1.54) is 19.2 Å². The van der Waals surface area contributed by atoms with E-state index in [-0.39, 0.29) is 17.6 Å². The highest BCUT2D eigenvalue weighted by Gasteiger charge is 2.28. The second kappa shape index (κ2) is 8.02. The van der Waals surface area contributed by atoms with Crippen LogP contribution in [0, 0.1) is 5.82 Å². The molecule has 9 heteroatoms. The molecule has 4 rings (SSSR count). The van der Waals surface area contributed by atoms with Crippen molar-refractivity contribution in [2.45, 2.75) is 32.2 Å². The lowest BCUT2D eigenvalue weighted by Crippen LogP contribution is -2.38. The van der Waals surface area contributed by atoms with E-state index in [1.807, 2.05) is 13.0 Å². The number of hydrogen-bond donors (Lipinski definition) is 0. The standard InChI is InChI=1S/C20H22FN5O3/c1-3-26-16(6-9-22-26)19-23-18(24-29-19)13-7-10-25(11-8-13)20(27)14-4-5-17(28-2)15(21)12-14/h4-6,9,12-13H,3,7-8,10-11H2,1-2H3. The van der Waals surface area contributed by atoms with E-state index >= 15 is 0 Å². The van der Waals surface area contributed by atoms with Crippen molar-refractivity contribution in [2.75, 3.05) is 20.2 Å². The maximum atomic E-state index is 13.9. The van der Waals surface area contributed by atoms with Gasteiger partial charge in [0.25, 0.3) is 11.8 Å². The van der Waals surface area contributed by atoms with Gasteiger partial charge in [0, 0.05) is 37.3 Å². The van der Waals surface area contributed by atoms with E-state index in [0.717, 1.165) is 18.5 Å². The molecular formula is C20H22FN5O3. The molecule has 1 saturated heterocycles. The van der Waals surface area contributed by atoms with Crippen LogP contribution in [0.25, 0.3) is 11.6 Å². The fourth-order valence-corrected chi connectivity index (χ4v) is 3.59. The predicted molar refractivity (Wildman–Crippen MR) is 102 cm³/mol. The highest BCUT2D eigenvalue weighted by atomic mass is 19.1.